The second-order valence-electron chi connectivity index (χ2n) is 7.19. The Balaban J connectivity index is 1.90. The zero-order chi connectivity index (χ0) is 14.5. The minimum absolute atomic E-state index is 0.0228. The van der Waals surface area contributed by atoms with Crippen LogP contribution in [0, 0.1) is 17.3 Å². The molecule has 20 heavy (non-hydrogen) atoms. The van der Waals surface area contributed by atoms with Crippen molar-refractivity contribution < 1.29 is 14.4 Å². The second kappa shape index (κ2) is 4.45. The summed E-state index contributed by atoms with van der Waals surface area (Å²) < 4.78 is 0. The largest absolute Gasteiger partial charge is 0.351 e. The molecule has 5 heteroatoms. The van der Waals surface area contributed by atoms with Gasteiger partial charge in [0.1, 0.15) is 0 Å². The Morgan fingerprint density at radius 1 is 1.20 bits per heavy atom. The van der Waals surface area contributed by atoms with E-state index in [-0.39, 0.29) is 22.8 Å². The predicted molar refractivity (Wildman–Crippen MR) is 73.4 cm³/mol. The second-order valence-corrected chi connectivity index (χ2v) is 7.19. The van der Waals surface area contributed by atoms with Crippen LogP contribution in [0.1, 0.15) is 45.4 Å². The molecule has 0 unspecified atom stereocenters. The molecule has 4 bridgehead atoms. The fourth-order valence-electron chi connectivity index (χ4n) is 5.45. The predicted octanol–water partition coefficient (Wildman–Crippen LogP) is 1.48. The van der Waals surface area contributed by atoms with E-state index in [9.17, 15) is 9.59 Å². The number of nitrogens with zero attached hydrogens (tertiary/aromatic N) is 1. The lowest BCUT2D eigenvalue weighted by Crippen LogP contribution is -2.65. The third kappa shape index (κ3) is 2.03. The molecule has 0 aromatic rings. The summed E-state index contributed by atoms with van der Waals surface area (Å²) in [4.78, 5) is 29.4. The molecule has 0 aromatic heterocycles. The zero-order valence-corrected chi connectivity index (χ0v) is 12.6. The first-order valence-electron chi connectivity index (χ1n) is 7.49. The Morgan fingerprint density at radius 3 is 2.30 bits per heavy atom. The fourth-order valence-corrected chi connectivity index (χ4v) is 5.45. The number of amides is 2. The summed E-state index contributed by atoms with van der Waals surface area (Å²) in [6, 6.07) is 0. The Hall–Kier alpha value is -1.10. The fraction of sp³-hybridized carbons (Fsp3) is 0.867. The first kappa shape index (κ1) is 13.9. The minimum Gasteiger partial charge on any atom is -0.351 e. The zero-order valence-electron chi connectivity index (χ0n) is 12.6. The van der Waals surface area contributed by atoms with Crippen molar-refractivity contribution in [3.05, 3.63) is 0 Å². The van der Waals surface area contributed by atoms with Crippen LogP contribution in [0.25, 0.3) is 0 Å². The smallest absolute Gasteiger partial charge is 0.252 e. The molecule has 0 aromatic carbocycles. The van der Waals surface area contributed by atoms with Crippen molar-refractivity contribution in [1.29, 1.82) is 0 Å². The number of nitrogens with one attached hydrogen (secondary N) is 1. The molecule has 0 aliphatic heterocycles. The Bertz CT molecular complexity index is 434. The topological polar surface area (TPSA) is 58.6 Å². The summed E-state index contributed by atoms with van der Waals surface area (Å²) in [7, 11) is 3.22. The lowest BCUT2D eigenvalue weighted by molar-refractivity contribution is -0.196. The van der Waals surface area contributed by atoms with Crippen molar-refractivity contribution in [1.82, 2.24) is 10.4 Å². The molecular weight excluding hydrogens is 256 g/mol. The van der Waals surface area contributed by atoms with Gasteiger partial charge in [0.2, 0.25) is 5.91 Å². The average Bonchev–Trinajstić information content (AvgIpc) is 2.33. The van der Waals surface area contributed by atoms with Crippen molar-refractivity contribution >= 4 is 11.8 Å². The summed E-state index contributed by atoms with van der Waals surface area (Å²) in [6.07, 6.45) is 5.98. The van der Waals surface area contributed by atoms with E-state index in [1.54, 1.807) is 14.0 Å². The molecule has 4 rings (SSSR count). The highest BCUT2D eigenvalue weighted by Gasteiger charge is 2.61. The van der Waals surface area contributed by atoms with Gasteiger partial charge in [-0.3, -0.25) is 14.4 Å². The monoisotopic (exact) mass is 280 g/mol. The van der Waals surface area contributed by atoms with Gasteiger partial charge in [0.25, 0.3) is 5.91 Å². The van der Waals surface area contributed by atoms with Gasteiger partial charge in [0.15, 0.2) is 0 Å². The number of hydrogen-bond acceptors (Lipinski definition) is 3. The van der Waals surface area contributed by atoms with Crippen molar-refractivity contribution in [3.8, 4) is 0 Å². The molecule has 4 saturated carbocycles. The summed E-state index contributed by atoms with van der Waals surface area (Å²) in [5.74, 6) is 1.24. The molecule has 4 aliphatic carbocycles. The lowest BCUT2D eigenvalue weighted by Gasteiger charge is -2.61. The first-order valence-corrected chi connectivity index (χ1v) is 7.49. The molecule has 0 radical (unpaired) electrons. The highest BCUT2D eigenvalue weighted by Crippen LogP contribution is 2.62. The van der Waals surface area contributed by atoms with Gasteiger partial charge in [-0.05, 0) is 50.4 Å². The third-order valence-electron chi connectivity index (χ3n) is 5.52. The van der Waals surface area contributed by atoms with Gasteiger partial charge >= 0.3 is 0 Å². The van der Waals surface area contributed by atoms with Gasteiger partial charge in [-0.2, -0.15) is 0 Å². The quantitative estimate of drug-likeness (QED) is 0.797. The van der Waals surface area contributed by atoms with Crippen molar-refractivity contribution in [2.24, 2.45) is 17.3 Å². The SMILES string of the molecule is CON(C)C(=O)C12C[C@H]3C[C@@H](CC(NC(C)=O)(C3)C1)C2. The minimum atomic E-state index is -0.322. The van der Waals surface area contributed by atoms with Crippen molar-refractivity contribution in [3.63, 3.8) is 0 Å². The number of rotatable bonds is 3. The average molecular weight is 280 g/mol. The number of carbonyl (C=O) groups excluding carboxylic acids is 2. The highest BCUT2D eigenvalue weighted by atomic mass is 16.7. The van der Waals surface area contributed by atoms with Crippen LogP contribution in [0.5, 0.6) is 0 Å². The number of carbonyl (C=O) groups is 2. The molecule has 1 N–H and O–H groups in total. The van der Waals surface area contributed by atoms with Gasteiger partial charge in [-0.1, -0.05) is 0 Å². The maximum Gasteiger partial charge on any atom is 0.252 e. The maximum absolute atomic E-state index is 12.7. The van der Waals surface area contributed by atoms with Gasteiger partial charge in [0.05, 0.1) is 12.5 Å². The summed E-state index contributed by atoms with van der Waals surface area (Å²) in [5.41, 5.74) is -0.475. The Morgan fingerprint density at radius 2 is 1.80 bits per heavy atom. The molecular formula is C15H24N2O3. The highest BCUT2D eigenvalue weighted by molar-refractivity contribution is 5.83. The van der Waals surface area contributed by atoms with Crippen LogP contribution in [0.3, 0.4) is 0 Å². The molecule has 0 saturated heterocycles. The third-order valence-corrected chi connectivity index (χ3v) is 5.52. The Kier molecular flexibility index (Phi) is 3.08. The van der Waals surface area contributed by atoms with E-state index >= 15 is 0 Å². The summed E-state index contributed by atoms with van der Waals surface area (Å²) >= 11 is 0. The van der Waals surface area contributed by atoms with Crippen LogP contribution >= 0.6 is 0 Å². The standard InChI is InChI=1S/C15H24N2O3/c1-10(18)16-15-7-11-4-12(8-15)6-14(5-11,9-15)13(19)17(2)20-3/h11-12H,4-9H2,1-3H3,(H,16,18)/t11-,12-,14?,15?/m1/s1. The molecule has 4 fully saturated rings. The normalized spacial score (nSPS) is 41.5. The van der Waals surface area contributed by atoms with Gasteiger partial charge in [-0.25, -0.2) is 5.06 Å². The van der Waals surface area contributed by atoms with E-state index in [1.165, 1.54) is 18.6 Å². The van der Waals surface area contributed by atoms with E-state index < -0.39 is 0 Å². The number of hydroxylamine groups is 2. The first-order chi connectivity index (χ1) is 9.38. The van der Waals surface area contributed by atoms with Gasteiger partial charge in [0, 0.05) is 19.5 Å². The van der Waals surface area contributed by atoms with Crippen LogP contribution in [0.4, 0.5) is 0 Å². The molecule has 0 spiro atoms. The van der Waals surface area contributed by atoms with Gasteiger partial charge in [-0.15, -0.1) is 0 Å². The molecule has 2 amide bonds. The molecule has 0 heterocycles. The Labute approximate surface area is 120 Å². The molecule has 112 valence electrons. The van der Waals surface area contributed by atoms with E-state index in [0.29, 0.717) is 11.8 Å². The van der Waals surface area contributed by atoms with Gasteiger partial charge < -0.3 is 5.32 Å². The number of hydrogen-bond donors (Lipinski definition) is 1. The van der Waals surface area contributed by atoms with Crippen LogP contribution in [-0.4, -0.2) is 36.6 Å². The summed E-state index contributed by atoms with van der Waals surface area (Å²) in [6.45, 7) is 1.58. The molecule has 5 nitrogen and oxygen atoms in total. The van der Waals surface area contributed by atoms with Crippen molar-refractivity contribution in [2.75, 3.05) is 14.2 Å². The van der Waals surface area contributed by atoms with Crippen LogP contribution in [-0.2, 0) is 14.4 Å². The summed E-state index contributed by atoms with van der Waals surface area (Å²) in [5, 5.41) is 4.54. The van der Waals surface area contributed by atoms with Crippen LogP contribution in [0.15, 0.2) is 0 Å². The van der Waals surface area contributed by atoms with E-state index in [0.717, 1.165) is 32.1 Å². The molecule has 2 atom stereocenters. The van der Waals surface area contributed by atoms with Crippen molar-refractivity contribution in [2.45, 2.75) is 51.0 Å². The maximum atomic E-state index is 12.7. The molecule has 4 aliphatic rings. The van der Waals surface area contributed by atoms with E-state index in [2.05, 4.69) is 5.32 Å². The van der Waals surface area contributed by atoms with Crippen LogP contribution in [0.2, 0.25) is 0 Å². The van der Waals surface area contributed by atoms with E-state index in [1.807, 2.05) is 0 Å². The van der Waals surface area contributed by atoms with E-state index in [4.69, 9.17) is 4.84 Å². The lowest BCUT2D eigenvalue weighted by atomic mass is 9.46. The van der Waals surface area contributed by atoms with Crippen LogP contribution < -0.4 is 5.32 Å².